The van der Waals surface area contributed by atoms with Crippen molar-refractivity contribution in [2.45, 2.75) is 36.0 Å². The van der Waals surface area contributed by atoms with E-state index < -0.39 is 48.0 Å². The smallest absolute Gasteiger partial charge is 0.273 e. The van der Waals surface area contributed by atoms with Crippen LogP contribution in [0.3, 0.4) is 0 Å². The number of methoxy groups -OCH3 is 2. The Kier molecular flexibility index (Phi) is 10.0. The van der Waals surface area contributed by atoms with Gasteiger partial charge in [0.15, 0.2) is 0 Å². The molecule has 44 heavy (non-hydrogen) atoms. The second kappa shape index (κ2) is 13.4. The predicted octanol–water partition coefficient (Wildman–Crippen LogP) is 4.58. The highest BCUT2D eigenvalue weighted by Gasteiger charge is 2.32. The van der Waals surface area contributed by atoms with Crippen LogP contribution in [0.15, 0.2) is 64.4 Å². The van der Waals surface area contributed by atoms with E-state index in [0.29, 0.717) is 17.4 Å². The fourth-order valence-corrected chi connectivity index (χ4v) is 7.91. The van der Waals surface area contributed by atoms with E-state index in [1.54, 1.807) is 0 Å². The number of nitrogens with one attached hydrogen (secondary N) is 1. The zero-order chi connectivity index (χ0) is 32.2. The Hall–Kier alpha value is -3.92. The van der Waals surface area contributed by atoms with E-state index in [-0.39, 0.29) is 38.4 Å². The van der Waals surface area contributed by atoms with Crippen LogP contribution in [0.5, 0.6) is 11.5 Å². The zero-order valence-corrected chi connectivity index (χ0v) is 26.5. The molecule has 0 aliphatic carbocycles. The molecule has 16 heteroatoms. The normalized spacial score (nSPS) is 14.1. The first-order valence-corrected chi connectivity index (χ1v) is 16.6. The third-order valence-corrected chi connectivity index (χ3v) is 10.9. The molecule has 0 unspecified atom stereocenters. The van der Waals surface area contributed by atoms with Crippen molar-refractivity contribution >= 4 is 54.6 Å². The van der Waals surface area contributed by atoms with Crippen LogP contribution in [0.25, 0.3) is 0 Å². The lowest BCUT2D eigenvalue weighted by Crippen LogP contribution is -2.38. The van der Waals surface area contributed by atoms with Crippen LogP contribution in [-0.4, -0.2) is 65.8 Å². The average molecular weight is 667 g/mol. The summed E-state index contributed by atoms with van der Waals surface area (Å²) in [6.07, 6.45) is 2.41. The number of rotatable bonds is 11. The molecule has 1 heterocycles. The topological polar surface area (TPSA) is 165 Å². The molecule has 1 aliphatic heterocycles. The van der Waals surface area contributed by atoms with E-state index in [4.69, 9.17) is 21.1 Å². The Morgan fingerprint density at radius 3 is 2.23 bits per heavy atom. The second-order valence-electron chi connectivity index (χ2n) is 9.91. The number of sulfonamides is 2. The molecule has 1 fully saturated rings. The van der Waals surface area contributed by atoms with Crippen molar-refractivity contribution in [1.29, 1.82) is 0 Å². The van der Waals surface area contributed by atoms with Crippen molar-refractivity contribution in [3.63, 3.8) is 0 Å². The predicted molar refractivity (Wildman–Crippen MR) is 165 cm³/mol. The summed E-state index contributed by atoms with van der Waals surface area (Å²) in [6.45, 7) is 1.38. The van der Waals surface area contributed by atoms with Gasteiger partial charge in [0.2, 0.25) is 15.9 Å². The zero-order valence-electron chi connectivity index (χ0n) is 24.1. The van der Waals surface area contributed by atoms with Gasteiger partial charge in [-0.1, -0.05) is 24.1 Å². The summed E-state index contributed by atoms with van der Waals surface area (Å²) in [5, 5.41) is 14.3. The van der Waals surface area contributed by atoms with Gasteiger partial charge >= 0.3 is 0 Å². The van der Waals surface area contributed by atoms with Gasteiger partial charge in [-0.05, 0) is 62.2 Å². The Morgan fingerprint density at radius 2 is 1.59 bits per heavy atom. The number of benzene rings is 3. The molecular formula is C28H31ClN4O9S2. The van der Waals surface area contributed by atoms with E-state index in [9.17, 15) is 31.7 Å². The summed E-state index contributed by atoms with van der Waals surface area (Å²) in [5.41, 5.74) is -0.293. The molecule has 3 aromatic carbocycles. The maximum absolute atomic E-state index is 14.0. The van der Waals surface area contributed by atoms with Crippen LogP contribution >= 0.6 is 11.6 Å². The number of carbonyl (C=O) groups is 1. The van der Waals surface area contributed by atoms with Gasteiger partial charge < -0.3 is 14.8 Å². The molecular weight excluding hydrogens is 636 g/mol. The maximum Gasteiger partial charge on any atom is 0.273 e. The average Bonchev–Trinajstić information content (AvgIpc) is 3.00. The molecule has 1 aliphatic rings. The van der Waals surface area contributed by atoms with Gasteiger partial charge in [-0.3, -0.25) is 19.2 Å². The maximum atomic E-state index is 14.0. The number of hydrogen-bond acceptors (Lipinski definition) is 9. The Morgan fingerprint density at radius 1 is 0.955 bits per heavy atom. The number of nitrogens with zero attached hydrogens (tertiary/aromatic N) is 3. The Bertz CT molecular complexity index is 1790. The third-order valence-electron chi connectivity index (χ3n) is 7.06. The number of piperidine rings is 1. The van der Waals surface area contributed by atoms with Crippen molar-refractivity contribution in [2.75, 3.05) is 43.5 Å². The Balaban J connectivity index is 1.74. The first kappa shape index (κ1) is 33.0. The standard InChI is InChI=1S/C28H31ClN4O9S2/c1-19-7-9-22(17-24(19)33(35)36)44(39,40)32(25-15-20(29)8-11-27(25)42-3)18-28(34)30-23-16-21(10-12-26(23)41-2)43(37,38)31-13-5-4-6-14-31/h7-12,15-17H,4-6,13-14,18H2,1-3H3,(H,30,34). The summed E-state index contributed by atoms with van der Waals surface area (Å²) in [6, 6.07) is 11.6. The van der Waals surface area contributed by atoms with Crippen molar-refractivity contribution in [2.24, 2.45) is 0 Å². The highest BCUT2D eigenvalue weighted by atomic mass is 35.5. The summed E-state index contributed by atoms with van der Waals surface area (Å²) < 4.78 is 67.3. The van der Waals surface area contributed by atoms with Gasteiger partial charge in [-0.2, -0.15) is 4.31 Å². The quantitative estimate of drug-likeness (QED) is 0.228. The molecule has 0 aromatic heterocycles. The van der Waals surface area contributed by atoms with E-state index >= 15 is 0 Å². The molecule has 1 saturated heterocycles. The molecule has 0 bridgehead atoms. The van der Waals surface area contributed by atoms with Crippen molar-refractivity contribution < 1.29 is 36.0 Å². The summed E-state index contributed by atoms with van der Waals surface area (Å²) in [4.78, 5) is 23.8. The fraction of sp³-hybridized carbons (Fsp3) is 0.321. The van der Waals surface area contributed by atoms with Gasteiger partial charge in [-0.15, -0.1) is 0 Å². The van der Waals surface area contributed by atoms with Crippen LogP contribution in [0, 0.1) is 17.0 Å². The lowest BCUT2D eigenvalue weighted by atomic mass is 10.2. The number of anilines is 2. The largest absolute Gasteiger partial charge is 0.495 e. The second-order valence-corrected chi connectivity index (χ2v) is 14.1. The minimum atomic E-state index is -4.63. The van der Waals surface area contributed by atoms with E-state index in [2.05, 4.69) is 5.32 Å². The van der Waals surface area contributed by atoms with E-state index in [1.807, 2.05) is 0 Å². The number of carbonyl (C=O) groups excluding carboxylic acids is 1. The van der Waals surface area contributed by atoms with Crippen molar-refractivity contribution in [1.82, 2.24) is 4.31 Å². The summed E-state index contributed by atoms with van der Waals surface area (Å²) in [7, 11) is -5.86. The van der Waals surface area contributed by atoms with Gasteiger partial charge in [0.05, 0.1) is 40.3 Å². The first-order valence-electron chi connectivity index (χ1n) is 13.4. The SMILES string of the molecule is COc1ccc(S(=O)(=O)N2CCCCC2)cc1NC(=O)CN(c1cc(Cl)ccc1OC)S(=O)(=O)c1ccc(C)c([N+](=O)[O-])c1. The van der Waals surface area contributed by atoms with Crippen molar-refractivity contribution in [3.05, 3.63) is 75.3 Å². The number of halogens is 1. The molecule has 3 aromatic rings. The number of nitro groups is 1. The molecule has 1 amide bonds. The van der Waals surface area contributed by atoms with Crippen LogP contribution in [0.2, 0.25) is 5.02 Å². The lowest BCUT2D eigenvalue weighted by molar-refractivity contribution is -0.385. The summed E-state index contributed by atoms with van der Waals surface area (Å²) in [5.74, 6) is -0.678. The van der Waals surface area contributed by atoms with E-state index in [0.717, 1.165) is 25.3 Å². The van der Waals surface area contributed by atoms with Gasteiger partial charge in [0.1, 0.15) is 18.0 Å². The highest BCUT2D eigenvalue weighted by Crippen LogP contribution is 2.36. The van der Waals surface area contributed by atoms with Crippen LogP contribution in [-0.2, 0) is 24.8 Å². The molecule has 4 rings (SSSR count). The lowest BCUT2D eigenvalue weighted by Gasteiger charge is -2.27. The molecule has 1 N–H and O–H groups in total. The molecule has 0 radical (unpaired) electrons. The van der Waals surface area contributed by atoms with Crippen LogP contribution < -0.4 is 19.1 Å². The van der Waals surface area contributed by atoms with Gasteiger partial charge in [-0.25, -0.2) is 16.8 Å². The number of hydrogen-bond donors (Lipinski definition) is 1. The monoisotopic (exact) mass is 666 g/mol. The fourth-order valence-electron chi connectivity index (χ4n) is 4.75. The number of nitro benzene ring substituents is 1. The van der Waals surface area contributed by atoms with Crippen LogP contribution in [0.4, 0.5) is 17.1 Å². The van der Waals surface area contributed by atoms with Crippen molar-refractivity contribution in [3.8, 4) is 11.5 Å². The molecule has 0 spiro atoms. The van der Waals surface area contributed by atoms with Crippen LogP contribution in [0.1, 0.15) is 24.8 Å². The minimum Gasteiger partial charge on any atom is -0.495 e. The summed E-state index contributed by atoms with van der Waals surface area (Å²) >= 11 is 6.19. The highest BCUT2D eigenvalue weighted by molar-refractivity contribution is 7.93. The third kappa shape index (κ3) is 6.90. The molecule has 236 valence electrons. The minimum absolute atomic E-state index is 0.00281. The first-order chi connectivity index (χ1) is 20.8. The van der Waals surface area contributed by atoms with E-state index in [1.165, 1.54) is 74.0 Å². The molecule has 13 nitrogen and oxygen atoms in total. The van der Waals surface area contributed by atoms with Gasteiger partial charge in [0, 0.05) is 29.7 Å². The number of amides is 1. The van der Waals surface area contributed by atoms with Gasteiger partial charge in [0.25, 0.3) is 15.7 Å². The molecule has 0 atom stereocenters. The number of ether oxygens (including phenoxy) is 2. The molecule has 0 saturated carbocycles. The number of aryl methyl sites for hydroxylation is 1. The Labute approximate surface area is 260 Å².